The van der Waals surface area contributed by atoms with E-state index in [0.717, 1.165) is 34.6 Å². The number of carbonyl (C=O) groups is 3. The monoisotopic (exact) mass is 444 g/mol. The molecule has 2 amide bonds. The molecule has 168 valence electrons. The lowest BCUT2D eigenvalue weighted by Crippen LogP contribution is -2.42. The summed E-state index contributed by atoms with van der Waals surface area (Å²) in [5.41, 5.74) is 3.45. The SMILES string of the molecule is Cc1ccc(C(=O)OCCN2C(=O)c3cccc4c(N5CCOCC5)ccc(c34)C2=O)cc1. The second-order valence-corrected chi connectivity index (χ2v) is 8.22. The summed E-state index contributed by atoms with van der Waals surface area (Å²) >= 11 is 0. The summed E-state index contributed by atoms with van der Waals surface area (Å²) in [5.74, 6) is -1.23. The van der Waals surface area contributed by atoms with Crippen molar-refractivity contribution in [3.05, 3.63) is 76.9 Å². The Morgan fingerprint density at radius 1 is 0.939 bits per heavy atom. The Balaban J connectivity index is 1.37. The summed E-state index contributed by atoms with van der Waals surface area (Å²) in [4.78, 5) is 42.1. The maximum absolute atomic E-state index is 13.2. The average Bonchev–Trinajstić information content (AvgIpc) is 2.85. The van der Waals surface area contributed by atoms with Gasteiger partial charge in [0.2, 0.25) is 0 Å². The number of aryl methyl sites for hydroxylation is 1. The molecule has 0 atom stereocenters. The summed E-state index contributed by atoms with van der Waals surface area (Å²) in [5, 5.41) is 1.57. The highest BCUT2D eigenvalue weighted by Crippen LogP contribution is 2.36. The summed E-state index contributed by atoms with van der Waals surface area (Å²) < 4.78 is 10.8. The summed E-state index contributed by atoms with van der Waals surface area (Å²) in [7, 11) is 0. The molecule has 2 heterocycles. The van der Waals surface area contributed by atoms with Crippen molar-refractivity contribution in [2.24, 2.45) is 0 Å². The topological polar surface area (TPSA) is 76.2 Å². The maximum atomic E-state index is 13.2. The van der Waals surface area contributed by atoms with Gasteiger partial charge < -0.3 is 14.4 Å². The minimum Gasteiger partial charge on any atom is -0.460 e. The third-order valence-corrected chi connectivity index (χ3v) is 6.16. The van der Waals surface area contributed by atoms with Gasteiger partial charge in [0.15, 0.2) is 0 Å². The molecule has 2 aliphatic heterocycles. The van der Waals surface area contributed by atoms with Crippen LogP contribution in [0, 0.1) is 6.92 Å². The Morgan fingerprint density at radius 2 is 1.64 bits per heavy atom. The van der Waals surface area contributed by atoms with Crippen LogP contribution in [0.5, 0.6) is 0 Å². The number of nitrogens with zero attached hydrogens (tertiary/aromatic N) is 2. The van der Waals surface area contributed by atoms with Gasteiger partial charge >= 0.3 is 5.97 Å². The molecule has 7 nitrogen and oxygen atoms in total. The number of benzene rings is 3. The van der Waals surface area contributed by atoms with Gasteiger partial charge in [0.1, 0.15) is 6.61 Å². The van der Waals surface area contributed by atoms with Crippen LogP contribution in [0.25, 0.3) is 10.8 Å². The van der Waals surface area contributed by atoms with E-state index < -0.39 is 5.97 Å². The number of esters is 1. The van der Waals surface area contributed by atoms with Crippen molar-refractivity contribution < 1.29 is 23.9 Å². The van der Waals surface area contributed by atoms with E-state index in [1.165, 1.54) is 0 Å². The van der Waals surface area contributed by atoms with E-state index in [2.05, 4.69) is 4.90 Å². The highest BCUT2D eigenvalue weighted by atomic mass is 16.5. The molecule has 0 N–H and O–H groups in total. The van der Waals surface area contributed by atoms with E-state index in [1.807, 2.05) is 37.3 Å². The molecule has 3 aromatic rings. The van der Waals surface area contributed by atoms with Crippen LogP contribution in [0.15, 0.2) is 54.6 Å². The Labute approximate surface area is 191 Å². The van der Waals surface area contributed by atoms with Crippen molar-refractivity contribution in [1.29, 1.82) is 0 Å². The number of morpholine rings is 1. The molecule has 1 saturated heterocycles. The van der Waals surface area contributed by atoms with Gasteiger partial charge in [-0.2, -0.15) is 0 Å². The minimum absolute atomic E-state index is 0.00366. The van der Waals surface area contributed by atoms with Crippen LogP contribution < -0.4 is 4.90 Å². The fourth-order valence-corrected chi connectivity index (χ4v) is 4.42. The predicted octanol–water partition coefficient (Wildman–Crippen LogP) is 3.44. The van der Waals surface area contributed by atoms with Gasteiger partial charge in [-0.1, -0.05) is 29.8 Å². The fourth-order valence-electron chi connectivity index (χ4n) is 4.42. The zero-order valence-corrected chi connectivity index (χ0v) is 18.4. The lowest BCUT2D eigenvalue weighted by molar-refractivity contribution is 0.0405. The molecule has 0 saturated carbocycles. The molecule has 0 aliphatic carbocycles. The van der Waals surface area contributed by atoms with Crippen LogP contribution in [0.3, 0.4) is 0 Å². The lowest BCUT2D eigenvalue weighted by Gasteiger charge is -2.32. The van der Waals surface area contributed by atoms with E-state index in [9.17, 15) is 14.4 Å². The Morgan fingerprint density at radius 3 is 2.36 bits per heavy atom. The first-order valence-corrected chi connectivity index (χ1v) is 11.0. The minimum atomic E-state index is -0.482. The highest BCUT2D eigenvalue weighted by Gasteiger charge is 2.33. The van der Waals surface area contributed by atoms with Crippen LogP contribution in [-0.4, -0.2) is 62.1 Å². The van der Waals surface area contributed by atoms with Crippen LogP contribution >= 0.6 is 0 Å². The summed E-state index contributed by atoms with van der Waals surface area (Å²) in [6.45, 7) is 4.69. The first-order chi connectivity index (χ1) is 16.0. The molecule has 7 heteroatoms. The van der Waals surface area contributed by atoms with E-state index in [1.54, 1.807) is 24.3 Å². The number of anilines is 1. The summed E-state index contributed by atoms with van der Waals surface area (Å²) in [6.07, 6.45) is 0. The number of hydrogen-bond donors (Lipinski definition) is 0. The number of rotatable bonds is 5. The molecule has 1 fully saturated rings. The second-order valence-electron chi connectivity index (χ2n) is 8.22. The Kier molecular flexibility index (Phi) is 5.56. The van der Waals surface area contributed by atoms with Crippen molar-refractivity contribution in [3.63, 3.8) is 0 Å². The molecule has 0 spiro atoms. The van der Waals surface area contributed by atoms with Crippen LogP contribution in [0.1, 0.15) is 36.6 Å². The zero-order chi connectivity index (χ0) is 22.9. The maximum Gasteiger partial charge on any atom is 0.338 e. The molecular formula is C26H24N2O5. The quantitative estimate of drug-likeness (QED) is 0.443. The highest BCUT2D eigenvalue weighted by molar-refractivity contribution is 6.26. The van der Waals surface area contributed by atoms with E-state index in [4.69, 9.17) is 9.47 Å². The predicted molar refractivity (Wildman–Crippen MR) is 124 cm³/mol. The standard InChI is InChI=1S/C26H24N2O5/c1-17-5-7-18(8-6-17)26(31)33-16-13-28-24(29)20-4-2-3-19-22(27-11-14-32-15-12-27)10-9-21(23(19)20)25(28)30/h2-10H,11-16H2,1H3. The van der Waals surface area contributed by atoms with Gasteiger partial charge in [-0.15, -0.1) is 0 Å². The van der Waals surface area contributed by atoms with Gasteiger partial charge in [0, 0.05) is 40.7 Å². The van der Waals surface area contributed by atoms with Gasteiger partial charge in [-0.25, -0.2) is 4.79 Å². The Hall–Kier alpha value is -3.71. The fraction of sp³-hybridized carbons (Fsp3) is 0.269. The molecule has 2 aliphatic rings. The van der Waals surface area contributed by atoms with Crippen molar-refractivity contribution >= 4 is 34.2 Å². The molecule has 33 heavy (non-hydrogen) atoms. The molecule has 0 bridgehead atoms. The van der Waals surface area contributed by atoms with Crippen molar-refractivity contribution in [1.82, 2.24) is 4.90 Å². The van der Waals surface area contributed by atoms with Crippen LogP contribution in [0.4, 0.5) is 5.69 Å². The number of ether oxygens (including phenoxy) is 2. The van der Waals surface area contributed by atoms with Gasteiger partial charge in [0.25, 0.3) is 11.8 Å². The van der Waals surface area contributed by atoms with Crippen LogP contribution in [-0.2, 0) is 9.47 Å². The molecule has 5 rings (SSSR count). The molecule has 0 unspecified atom stereocenters. The van der Waals surface area contributed by atoms with E-state index in [-0.39, 0.29) is 25.0 Å². The number of carbonyl (C=O) groups excluding carboxylic acids is 3. The zero-order valence-electron chi connectivity index (χ0n) is 18.4. The average molecular weight is 444 g/mol. The third kappa shape index (κ3) is 3.85. The second kappa shape index (κ2) is 8.67. The third-order valence-electron chi connectivity index (χ3n) is 6.16. The first kappa shape index (κ1) is 21.2. The summed E-state index contributed by atoms with van der Waals surface area (Å²) in [6, 6.07) is 16.3. The molecule has 3 aromatic carbocycles. The normalized spacial score (nSPS) is 15.8. The molecular weight excluding hydrogens is 420 g/mol. The van der Waals surface area contributed by atoms with Gasteiger partial charge in [-0.3, -0.25) is 14.5 Å². The van der Waals surface area contributed by atoms with Crippen molar-refractivity contribution in [2.45, 2.75) is 6.92 Å². The number of amides is 2. The van der Waals surface area contributed by atoms with Gasteiger partial charge in [-0.05, 0) is 37.3 Å². The first-order valence-electron chi connectivity index (χ1n) is 11.0. The van der Waals surface area contributed by atoms with Crippen LogP contribution in [0.2, 0.25) is 0 Å². The van der Waals surface area contributed by atoms with E-state index in [0.29, 0.717) is 35.3 Å². The molecule has 0 radical (unpaired) electrons. The van der Waals surface area contributed by atoms with E-state index >= 15 is 0 Å². The largest absolute Gasteiger partial charge is 0.460 e. The number of hydrogen-bond acceptors (Lipinski definition) is 6. The van der Waals surface area contributed by atoms with Crippen molar-refractivity contribution in [3.8, 4) is 0 Å². The van der Waals surface area contributed by atoms with Gasteiger partial charge in [0.05, 0.1) is 25.3 Å². The lowest BCUT2D eigenvalue weighted by atomic mass is 9.92. The smallest absolute Gasteiger partial charge is 0.338 e. The van der Waals surface area contributed by atoms with Crippen molar-refractivity contribution in [2.75, 3.05) is 44.4 Å². The Bertz CT molecular complexity index is 1220. The number of imide groups is 1. The molecule has 0 aromatic heterocycles.